The predicted octanol–water partition coefficient (Wildman–Crippen LogP) is 2.59. The van der Waals surface area contributed by atoms with Crippen LogP contribution in [0.2, 0.25) is 0 Å². The van der Waals surface area contributed by atoms with Crippen LogP contribution >= 0.6 is 0 Å². The molecule has 3 rings (SSSR count). The summed E-state index contributed by atoms with van der Waals surface area (Å²) < 4.78 is 40.6. The number of nitrogens with zero attached hydrogens (tertiary/aromatic N) is 2. The van der Waals surface area contributed by atoms with Crippen molar-refractivity contribution in [3.8, 4) is 0 Å². The maximum atomic E-state index is 13.8. The second-order valence-corrected chi connectivity index (χ2v) is 7.03. The van der Waals surface area contributed by atoms with Crippen LogP contribution in [0.1, 0.15) is 24.0 Å². The Hall–Kier alpha value is -3.63. The van der Waals surface area contributed by atoms with Crippen LogP contribution < -0.4 is 21.3 Å². The first-order valence-electron chi connectivity index (χ1n) is 9.57. The summed E-state index contributed by atoms with van der Waals surface area (Å²) in [6.07, 6.45) is 5.96. The van der Waals surface area contributed by atoms with Gasteiger partial charge in [0.15, 0.2) is 11.6 Å². The van der Waals surface area contributed by atoms with Gasteiger partial charge in [-0.3, -0.25) is 4.79 Å². The van der Waals surface area contributed by atoms with Gasteiger partial charge in [0.25, 0.3) is 0 Å². The topological polar surface area (TPSA) is 115 Å². The molecule has 1 fully saturated rings. The number of allylic oxidation sites excluding steroid dienone is 1. The van der Waals surface area contributed by atoms with Crippen LogP contribution in [0.5, 0.6) is 0 Å². The van der Waals surface area contributed by atoms with Gasteiger partial charge in [-0.2, -0.15) is 4.98 Å². The lowest BCUT2D eigenvalue weighted by molar-refractivity contribution is -0.120. The molecule has 5 N–H and O–H groups in total. The third-order valence-corrected chi connectivity index (χ3v) is 4.36. The highest BCUT2D eigenvalue weighted by Crippen LogP contribution is 2.19. The van der Waals surface area contributed by atoms with E-state index in [-0.39, 0.29) is 36.6 Å². The molecule has 1 amide bonds. The van der Waals surface area contributed by atoms with E-state index in [0.29, 0.717) is 23.1 Å². The molecule has 0 aliphatic heterocycles. The Kier molecular flexibility index (Phi) is 7.06. The average molecular weight is 433 g/mol. The fraction of sp³-hybridized carbons (Fsp3) is 0.300. The number of carbonyl (C=O) groups is 1. The van der Waals surface area contributed by atoms with Gasteiger partial charge in [0.1, 0.15) is 11.6 Å². The summed E-state index contributed by atoms with van der Waals surface area (Å²) in [5.74, 6) is -2.96. The molecule has 1 saturated carbocycles. The minimum Gasteiger partial charge on any atom is -0.380 e. The van der Waals surface area contributed by atoms with Crippen LogP contribution in [0.4, 0.5) is 24.9 Å². The standard InChI is InChI=1S/C20H22F3N7O/c1-11-7-27-20(29-15(6-24)9-25-10-17(31)28-14-2-3-14)30-19(11)26-8-12-4-13(21)5-16(22)18(12)23/h4-7,9,14,24-25H,2-3,8,10H2,1H3,(H,28,31)(H2,26,27,29,30)/b15-9+,24-6?. The number of hydrogen-bond donors (Lipinski definition) is 5. The number of hydrogen-bond acceptors (Lipinski definition) is 7. The van der Waals surface area contributed by atoms with Crippen LogP contribution in [0, 0.1) is 29.8 Å². The molecule has 0 spiro atoms. The number of halogens is 3. The molecule has 0 bridgehead atoms. The molecule has 1 heterocycles. The molecular weight excluding hydrogens is 411 g/mol. The van der Waals surface area contributed by atoms with E-state index in [9.17, 15) is 18.0 Å². The van der Waals surface area contributed by atoms with E-state index in [1.165, 1.54) is 12.4 Å². The van der Waals surface area contributed by atoms with Gasteiger partial charge in [0, 0.05) is 48.4 Å². The molecule has 0 unspecified atom stereocenters. The van der Waals surface area contributed by atoms with Crippen molar-refractivity contribution in [2.75, 3.05) is 17.2 Å². The SMILES string of the molecule is Cc1cnc(N/C(C=N)=C/NCC(=O)NC2CC2)nc1NCc1cc(F)cc(F)c1F. The second kappa shape index (κ2) is 9.92. The van der Waals surface area contributed by atoms with E-state index in [1.807, 2.05) is 0 Å². The van der Waals surface area contributed by atoms with Gasteiger partial charge in [-0.1, -0.05) is 0 Å². The van der Waals surface area contributed by atoms with Gasteiger partial charge in [-0.25, -0.2) is 18.2 Å². The number of nitrogens with one attached hydrogen (secondary N) is 5. The van der Waals surface area contributed by atoms with Crippen LogP contribution in [0.3, 0.4) is 0 Å². The Labute approximate surface area is 176 Å². The van der Waals surface area contributed by atoms with E-state index in [0.717, 1.165) is 25.1 Å². The number of rotatable bonds is 10. The van der Waals surface area contributed by atoms with Crippen LogP contribution in [0.25, 0.3) is 0 Å². The molecule has 0 radical (unpaired) electrons. The van der Waals surface area contributed by atoms with Crippen molar-refractivity contribution in [1.29, 1.82) is 5.41 Å². The van der Waals surface area contributed by atoms with Crippen molar-refractivity contribution in [2.24, 2.45) is 0 Å². The molecule has 164 valence electrons. The average Bonchev–Trinajstić information content (AvgIpc) is 3.54. The van der Waals surface area contributed by atoms with Crippen molar-refractivity contribution < 1.29 is 18.0 Å². The first-order chi connectivity index (χ1) is 14.9. The first-order valence-corrected chi connectivity index (χ1v) is 9.57. The number of anilines is 2. The summed E-state index contributed by atoms with van der Waals surface area (Å²) in [6, 6.07) is 1.65. The minimum atomic E-state index is -1.27. The molecule has 1 aromatic carbocycles. The number of benzene rings is 1. The molecule has 1 aromatic heterocycles. The van der Waals surface area contributed by atoms with Gasteiger partial charge in [-0.15, -0.1) is 0 Å². The maximum Gasteiger partial charge on any atom is 0.239 e. The third-order valence-electron chi connectivity index (χ3n) is 4.36. The zero-order valence-electron chi connectivity index (χ0n) is 16.7. The maximum absolute atomic E-state index is 13.8. The van der Waals surface area contributed by atoms with Crippen molar-refractivity contribution in [1.82, 2.24) is 20.6 Å². The van der Waals surface area contributed by atoms with E-state index in [4.69, 9.17) is 5.41 Å². The molecule has 1 aliphatic carbocycles. The van der Waals surface area contributed by atoms with Crippen molar-refractivity contribution in [2.45, 2.75) is 32.4 Å². The quantitative estimate of drug-likeness (QED) is 0.291. The zero-order valence-corrected chi connectivity index (χ0v) is 16.7. The molecular formula is C20H22F3N7O. The van der Waals surface area contributed by atoms with Gasteiger partial charge >= 0.3 is 0 Å². The molecule has 31 heavy (non-hydrogen) atoms. The van der Waals surface area contributed by atoms with E-state index >= 15 is 0 Å². The Morgan fingerprint density at radius 2 is 2.06 bits per heavy atom. The molecule has 0 atom stereocenters. The lowest BCUT2D eigenvalue weighted by atomic mass is 10.2. The summed E-state index contributed by atoms with van der Waals surface area (Å²) in [4.78, 5) is 20.0. The monoisotopic (exact) mass is 433 g/mol. The Morgan fingerprint density at radius 1 is 1.29 bits per heavy atom. The largest absolute Gasteiger partial charge is 0.380 e. The normalized spacial score (nSPS) is 13.5. The van der Waals surface area contributed by atoms with Crippen LogP contribution in [-0.4, -0.2) is 34.7 Å². The van der Waals surface area contributed by atoms with Crippen LogP contribution in [0.15, 0.2) is 30.2 Å². The Bertz CT molecular complexity index is 1010. The van der Waals surface area contributed by atoms with Gasteiger partial charge < -0.3 is 26.7 Å². The zero-order chi connectivity index (χ0) is 22.4. The molecule has 8 nitrogen and oxygen atoms in total. The lowest BCUT2D eigenvalue weighted by Crippen LogP contribution is -2.33. The highest BCUT2D eigenvalue weighted by Gasteiger charge is 2.22. The predicted molar refractivity (Wildman–Crippen MR) is 110 cm³/mol. The molecule has 0 saturated heterocycles. The molecule has 2 aromatic rings. The van der Waals surface area contributed by atoms with Crippen molar-refractivity contribution >= 4 is 23.9 Å². The third kappa shape index (κ3) is 6.43. The summed E-state index contributed by atoms with van der Waals surface area (Å²) in [7, 11) is 0. The molecule has 1 aliphatic rings. The minimum absolute atomic E-state index is 0.0623. The van der Waals surface area contributed by atoms with Crippen molar-refractivity contribution in [3.05, 3.63) is 58.8 Å². The summed E-state index contributed by atoms with van der Waals surface area (Å²) in [6.45, 7) is 1.58. The fourth-order valence-corrected chi connectivity index (χ4v) is 2.60. The fourth-order valence-electron chi connectivity index (χ4n) is 2.60. The van der Waals surface area contributed by atoms with Gasteiger partial charge in [0.05, 0.1) is 12.2 Å². The molecule has 11 heteroatoms. The highest BCUT2D eigenvalue weighted by atomic mass is 19.2. The summed E-state index contributed by atoms with van der Waals surface area (Å²) in [5.41, 5.74) is 0.740. The van der Waals surface area contributed by atoms with E-state index in [2.05, 4.69) is 31.2 Å². The number of carbonyl (C=O) groups excluding carboxylic acids is 1. The number of amides is 1. The van der Waals surface area contributed by atoms with Crippen LogP contribution in [-0.2, 0) is 11.3 Å². The Morgan fingerprint density at radius 3 is 2.77 bits per heavy atom. The Balaban J connectivity index is 1.62. The van der Waals surface area contributed by atoms with Gasteiger partial charge in [-0.05, 0) is 25.8 Å². The van der Waals surface area contributed by atoms with Crippen molar-refractivity contribution in [3.63, 3.8) is 0 Å². The summed E-state index contributed by atoms with van der Waals surface area (Å²) >= 11 is 0. The first kappa shape index (κ1) is 22.1. The van der Waals surface area contributed by atoms with E-state index < -0.39 is 17.5 Å². The highest BCUT2D eigenvalue weighted by molar-refractivity contribution is 5.81. The number of aryl methyl sites for hydroxylation is 1. The number of aromatic nitrogens is 2. The smallest absolute Gasteiger partial charge is 0.239 e. The lowest BCUT2D eigenvalue weighted by Gasteiger charge is -2.12. The van der Waals surface area contributed by atoms with E-state index in [1.54, 1.807) is 6.92 Å². The summed E-state index contributed by atoms with van der Waals surface area (Å²) in [5, 5.41) is 18.8. The van der Waals surface area contributed by atoms with Gasteiger partial charge in [0.2, 0.25) is 11.9 Å². The second-order valence-electron chi connectivity index (χ2n) is 7.03.